The Labute approximate surface area is 236 Å². The summed E-state index contributed by atoms with van der Waals surface area (Å²) in [6.07, 6.45) is 6.97. The van der Waals surface area contributed by atoms with E-state index in [4.69, 9.17) is 16.3 Å². The van der Waals surface area contributed by atoms with Gasteiger partial charge in [0.2, 0.25) is 5.91 Å². The van der Waals surface area contributed by atoms with Gasteiger partial charge in [-0.2, -0.15) is 0 Å². The Morgan fingerprint density at radius 1 is 1.13 bits per heavy atom. The quantitative estimate of drug-likeness (QED) is 0.410. The van der Waals surface area contributed by atoms with E-state index in [1.54, 1.807) is 18.2 Å². The number of hydrogen-bond acceptors (Lipinski definition) is 6. The molecule has 2 saturated carbocycles. The van der Waals surface area contributed by atoms with Gasteiger partial charge in [0.25, 0.3) is 11.8 Å². The van der Waals surface area contributed by atoms with Crippen molar-refractivity contribution in [2.24, 2.45) is 11.8 Å². The summed E-state index contributed by atoms with van der Waals surface area (Å²) in [6, 6.07) is 7.07. The predicted octanol–water partition coefficient (Wildman–Crippen LogP) is 4.54. The van der Waals surface area contributed by atoms with Crippen LogP contribution < -0.4 is 15.5 Å². The van der Waals surface area contributed by atoms with Crippen LogP contribution in [0.3, 0.4) is 0 Å². The highest BCUT2D eigenvalue weighted by Gasteiger charge is 2.33. The molecule has 11 heteroatoms. The molecule has 1 aromatic carbocycles. The van der Waals surface area contributed by atoms with Crippen molar-refractivity contribution in [1.29, 1.82) is 0 Å². The summed E-state index contributed by atoms with van der Waals surface area (Å²) in [5, 5.41) is 5.80. The van der Waals surface area contributed by atoms with Gasteiger partial charge in [-0.05, 0) is 67.9 Å². The fourth-order valence-corrected chi connectivity index (χ4v) is 6.20. The van der Waals surface area contributed by atoms with E-state index in [0.29, 0.717) is 33.3 Å². The number of carbonyl (C=O) groups excluding carboxylic acids is 3. The van der Waals surface area contributed by atoms with Crippen molar-refractivity contribution in [2.75, 3.05) is 49.6 Å². The van der Waals surface area contributed by atoms with Gasteiger partial charge in [-0.1, -0.05) is 24.4 Å². The predicted molar refractivity (Wildman–Crippen MR) is 150 cm³/mol. The average molecular weight is 577 g/mol. The molecule has 0 unspecified atom stereocenters. The lowest BCUT2D eigenvalue weighted by Crippen LogP contribution is -2.54. The van der Waals surface area contributed by atoms with Gasteiger partial charge in [0.15, 0.2) is 0 Å². The van der Waals surface area contributed by atoms with Crippen LogP contribution in [0.15, 0.2) is 30.3 Å². The molecule has 3 fully saturated rings. The molecule has 0 bridgehead atoms. The zero-order valence-electron chi connectivity index (χ0n) is 21.8. The van der Waals surface area contributed by atoms with E-state index in [0.717, 1.165) is 38.8 Å². The minimum Gasteiger partial charge on any atom is -0.370 e. The first kappa shape index (κ1) is 28.0. The molecule has 2 heterocycles. The third kappa shape index (κ3) is 6.98. The molecule has 1 saturated heterocycles. The lowest BCUT2D eigenvalue weighted by Gasteiger charge is -2.40. The lowest BCUT2D eigenvalue weighted by molar-refractivity contribution is -0.125. The smallest absolute Gasteiger partial charge is 0.261 e. The number of thiophene rings is 1. The van der Waals surface area contributed by atoms with E-state index in [2.05, 4.69) is 15.5 Å². The summed E-state index contributed by atoms with van der Waals surface area (Å²) < 4.78 is 20.7. The lowest BCUT2D eigenvalue weighted by atomic mass is 9.82. The fourth-order valence-electron chi connectivity index (χ4n) is 5.25. The molecule has 210 valence electrons. The monoisotopic (exact) mass is 576 g/mol. The Bertz CT molecular complexity index is 1190. The third-order valence-corrected chi connectivity index (χ3v) is 9.15. The summed E-state index contributed by atoms with van der Waals surface area (Å²) in [4.78, 5) is 42.7. The van der Waals surface area contributed by atoms with E-state index in [-0.39, 0.29) is 43.1 Å². The Balaban J connectivity index is 1.32. The topological polar surface area (TPSA) is 91.0 Å². The number of rotatable bonds is 11. The first-order chi connectivity index (χ1) is 18.9. The van der Waals surface area contributed by atoms with E-state index in [1.165, 1.54) is 41.2 Å². The van der Waals surface area contributed by atoms with Crippen LogP contribution in [-0.4, -0.2) is 68.1 Å². The second-order valence-corrected chi connectivity index (χ2v) is 12.3. The molecule has 1 aromatic heterocycles. The summed E-state index contributed by atoms with van der Waals surface area (Å²) >= 11 is 7.20. The number of carbonyl (C=O) groups is 3. The zero-order chi connectivity index (χ0) is 27.4. The highest BCUT2D eigenvalue weighted by atomic mass is 35.5. The van der Waals surface area contributed by atoms with Gasteiger partial charge in [-0.25, -0.2) is 4.39 Å². The largest absolute Gasteiger partial charge is 0.370 e. The number of amides is 3. The minimum absolute atomic E-state index is 0.0825. The van der Waals surface area contributed by atoms with E-state index >= 15 is 4.39 Å². The van der Waals surface area contributed by atoms with E-state index < -0.39 is 11.9 Å². The van der Waals surface area contributed by atoms with Crippen LogP contribution in [0.1, 0.15) is 48.2 Å². The van der Waals surface area contributed by atoms with Gasteiger partial charge in [0, 0.05) is 31.9 Å². The summed E-state index contributed by atoms with van der Waals surface area (Å²) in [5.74, 6) is -0.397. The van der Waals surface area contributed by atoms with Gasteiger partial charge < -0.3 is 20.3 Å². The molecule has 0 spiro atoms. The van der Waals surface area contributed by atoms with Crippen molar-refractivity contribution < 1.29 is 23.5 Å². The molecular weight excluding hydrogens is 543 g/mol. The number of nitrogens with one attached hydrogen (secondary N) is 2. The van der Waals surface area contributed by atoms with Crippen molar-refractivity contribution in [3.05, 3.63) is 45.4 Å². The van der Waals surface area contributed by atoms with Gasteiger partial charge in [0.05, 0.1) is 21.5 Å². The average Bonchev–Trinajstić information content (AvgIpc) is 3.30. The third-order valence-electron chi connectivity index (χ3n) is 7.92. The Kier molecular flexibility index (Phi) is 9.17. The summed E-state index contributed by atoms with van der Waals surface area (Å²) in [6.45, 7) is 2.25. The molecular formula is C28H34ClFN4O4S. The highest BCUT2D eigenvalue weighted by Crippen LogP contribution is 2.32. The SMILES string of the molecule is O=C(NC[C@@H](C(=O)Nc1ccc(N2CCOCC2=O)c(F)c1)N(CC1CCC1)CC1CCC1)c1ccc(Cl)s1. The van der Waals surface area contributed by atoms with Crippen molar-refractivity contribution in [1.82, 2.24) is 10.2 Å². The molecule has 2 aliphatic carbocycles. The van der Waals surface area contributed by atoms with Gasteiger partial charge in [-0.3, -0.25) is 19.3 Å². The summed E-state index contributed by atoms with van der Waals surface area (Å²) in [5.41, 5.74) is 0.465. The van der Waals surface area contributed by atoms with Crippen molar-refractivity contribution in [3.63, 3.8) is 0 Å². The second kappa shape index (κ2) is 12.8. The van der Waals surface area contributed by atoms with Crippen molar-refractivity contribution in [2.45, 2.75) is 44.6 Å². The van der Waals surface area contributed by atoms with Crippen LogP contribution in [-0.2, 0) is 14.3 Å². The van der Waals surface area contributed by atoms with Crippen LogP contribution in [0.5, 0.6) is 0 Å². The van der Waals surface area contributed by atoms with Crippen LogP contribution in [0.4, 0.5) is 15.8 Å². The highest BCUT2D eigenvalue weighted by molar-refractivity contribution is 7.18. The number of halogens is 2. The van der Waals surface area contributed by atoms with Gasteiger partial charge >= 0.3 is 0 Å². The zero-order valence-corrected chi connectivity index (χ0v) is 23.4. The molecule has 1 atom stereocenters. The first-order valence-corrected chi connectivity index (χ1v) is 14.8. The molecule has 2 N–H and O–H groups in total. The van der Waals surface area contributed by atoms with E-state index in [9.17, 15) is 14.4 Å². The molecule has 2 aromatic rings. The molecule has 1 aliphatic heterocycles. The number of nitrogens with zero attached hydrogens (tertiary/aromatic N) is 2. The number of benzene rings is 1. The van der Waals surface area contributed by atoms with Crippen LogP contribution in [0, 0.1) is 17.7 Å². The van der Waals surface area contributed by atoms with Crippen LogP contribution in [0.2, 0.25) is 4.34 Å². The molecule has 8 nitrogen and oxygen atoms in total. The first-order valence-electron chi connectivity index (χ1n) is 13.6. The van der Waals surface area contributed by atoms with Crippen LogP contribution in [0.25, 0.3) is 0 Å². The number of hydrogen-bond donors (Lipinski definition) is 2. The normalized spacial score (nSPS) is 18.9. The van der Waals surface area contributed by atoms with E-state index in [1.807, 2.05) is 0 Å². The van der Waals surface area contributed by atoms with Gasteiger partial charge in [-0.15, -0.1) is 11.3 Å². The Hall–Kier alpha value is -2.53. The molecule has 3 aliphatic rings. The number of ether oxygens (including phenoxy) is 1. The minimum atomic E-state index is -0.617. The fraction of sp³-hybridized carbons (Fsp3) is 0.536. The number of anilines is 2. The number of morpholine rings is 1. The maximum Gasteiger partial charge on any atom is 0.261 e. The Morgan fingerprint density at radius 2 is 1.85 bits per heavy atom. The maximum atomic E-state index is 15.0. The molecule has 0 radical (unpaired) electrons. The Morgan fingerprint density at radius 3 is 2.41 bits per heavy atom. The molecule has 5 rings (SSSR count). The van der Waals surface area contributed by atoms with Crippen molar-refractivity contribution in [3.8, 4) is 0 Å². The van der Waals surface area contributed by atoms with Crippen LogP contribution >= 0.6 is 22.9 Å². The molecule has 3 amide bonds. The molecule has 39 heavy (non-hydrogen) atoms. The standard InChI is InChI=1S/C28H34ClFN4O4S/c29-25-10-9-24(39-25)28(37)31-14-23(33(15-18-3-1-4-18)16-19-5-2-6-19)27(36)32-20-7-8-22(21(30)13-20)34-11-12-38-17-26(34)35/h7-10,13,18-19,23H,1-6,11-12,14-17H2,(H,31,37)(H,32,36)/t23-/m0/s1. The van der Waals surface area contributed by atoms with Gasteiger partial charge in [0.1, 0.15) is 18.5 Å². The summed E-state index contributed by atoms with van der Waals surface area (Å²) in [7, 11) is 0. The second-order valence-electron chi connectivity index (χ2n) is 10.6. The maximum absolute atomic E-state index is 15.0. The van der Waals surface area contributed by atoms with Crippen molar-refractivity contribution >= 4 is 52.0 Å².